The summed E-state index contributed by atoms with van der Waals surface area (Å²) >= 11 is 0. The number of phenols is 1. The molecule has 6 nitrogen and oxygen atoms in total. The van der Waals surface area contributed by atoms with Crippen molar-refractivity contribution in [2.75, 3.05) is 6.61 Å². The lowest BCUT2D eigenvalue weighted by Crippen LogP contribution is -2.43. The lowest BCUT2D eigenvalue weighted by atomic mass is 10.2. The van der Waals surface area contributed by atoms with Crippen LogP contribution in [0.3, 0.4) is 0 Å². The van der Waals surface area contributed by atoms with Gasteiger partial charge in [-0.1, -0.05) is 12.1 Å². The maximum Gasteiger partial charge on any atom is 0.328 e. The zero-order valence-electron chi connectivity index (χ0n) is 12.7. The third kappa shape index (κ3) is 6.16. The molecule has 0 bridgehead atoms. The van der Waals surface area contributed by atoms with Crippen molar-refractivity contribution in [3.8, 4) is 11.5 Å². The number of esters is 1. The number of carbonyl (C=O) groups is 2. The van der Waals surface area contributed by atoms with E-state index < -0.39 is 23.5 Å². The molecule has 0 unspecified atom stereocenters. The van der Waals surface area contributed by atoms with E-state index >= 15 is 0 Å². The molecule has 2 N–H and O–H groups in total. The molecule has 0 heterocycles. The molecule has 0 aliphatic rings. The van der Waals surface area contributed by atoms with E-state index in [0.717, 1.165) is 0 Å². The van der Waals surface area contributed by atoms with Crippen LogP contribution in [0.2, 0.25) is 0 Å². The zero-order chi connectivity index (χ0) is 16.0. The lowest BCUT2D eigenvalue weighted by molar-refractivity contribution is -0.158. The molecule has 1 aromatic carbocycles. The van der Waals surface area contributed by atoms with Crippen LogP contribution in [0, 0.1) is 0 Å². The minimum Gasteiger partial charge on any atom is -0.504 e. The number of para-hydroxylation sites is 2. The van der Waals surface area contributed by atoms with Crippen LogP contribution >= 0.6 is 0 Å². The van der Waals surface area contributed by atoms with Crippen LogP contribution in [-0.4, -0.2) is 35.2 Å². The fraction of sp³-hybridized carbons (Fsp3) is 0.467. The van der Waals surface area contributed by atoms with Crippen LogP contribution < -0.4 is 10.1 Å². The molecular formula is C15H21NO5. The first kappa shape index (κ1) is 16.8. The average Bonchev–Trinajstić information content (AvgIpc) is 2.35. The van der Waals surface area contributed by atoms with Gasteiger partial charge in [0.25, 0.3) is 5.91 Å². The SMILES string of the molecule is C[C@H](NC(=O)COc1ccccc1O)C(=O)OC(C)(C)C. The fourth-order valence-corrected chi connectivity index (χ4v) is 1.45. The summed E-state index contributed by atoms with van der Waals surface area (Å²) in [7, 11) is 0. The average molecular weight is 295 g/mol. The topological polar surface area (TPSA) is 84.9 Å². The van der Waals surface area contributed by atoms with Gasteiger partial charge in [-0.15, -0.1) is 0 Å². The number of phenolic OH excluding ortho intramolecular Hbond substituents is 1. The maximum absolute atomic E-state index is 11.7. The van der Waals surface area contributed by atoms with Gasteiger partial charge >= 0.3 is 5.97 Å². The molecule has 1 atom stereocenters. The first-order valence-corrected chi connectivity index (χ1v) is 6.62. The van der Waals surface area contributed by atoms with E-state index in [-0.39, 0.29) is 18.1 Å². The van der Waals surface area contributed by atoms with Crippen molar-refractivity contribution in [1.29, 1.82) is 0 Å². The number of hydrogen-bond acceptors (Lipinski definition) is 5. The summed E-state index contributed by atoms with van der Waals surface area (Å²) < 4.78 is 10.3. The van der Waals surface area contributed by atoms with Gasteiger partial charge in [-0.05, 0) is 39.8 Å². The second-order valence-corrected chi connectivity index (χ2v) is 5.58. The van der Waals surface area contributed by atoms with Crippen molar-refractivity contribution in [3.63, 3.8) is 0 Å². The smallest absolute Gasteiger partial charge is 0.328 e. The Bertz CT molecular complexity index is 507. The number of amides is 1. The standard InChI is InChI=1S/C15H21NO5/c1-10(14(19)21-15(2,3)4)16-13(18)9-20-12-8-6-5-7-11(12)17/h5-8,10,17H,9H2,1-4H3,(H,16,18)/t10-/m0/s1. The molecule has 0 aliphatic carbocycles. The number of aromatic hydroxyl groups is 1. The van der Waals surface area contributed by atoms with Crippen LogP contribution in [0.4, 0.5) is 0 Å². The van der Waals surface area contributed by atoms with E-state index in [0.29, 0.717) is 0 Å². The number of hydrogen-bond donors (Lipinski definition) is 2. The summed E-state index contributed by atoms with van der Waals surface area (Å²) in [5, 5.41) is 12.0. The highest BCUT2D eigenvalue weighted by molar-refractivity contribution is 5.85. The third-order valence-electron chi connectivity index (χ3n) is 2.36. The van der Waals surface area contributed by atoms with Crippen LogP contribution in [0.15, 0.2) is 24.3 Å². The van der Waals surface area contributed by atoms with Gasteiger partial charge in [-0.3, -0.25) is 4.79 Å². The summed E-state index contributed by atoms with van der Waals surface area (Å²) in [6, 6.07) is 5.55. The van der Waals surface area contributed by atoms with Gasteiger partial charge in [0.1, 0.15) is 11.6 Å². The second kappa shape index (κ2) is 6.97. The maximum atomic E-state index is 11.7. The molecule has 0 aromatic heterocycles. The molecule has 0 fully saturated rings. The van der Waals surface area contributed by atoms with Crippen LogP contribution in [-0.2, 0) is 14.3 Å². The fourth-order valence-electron chi connectivity index (χ4n) is 1.45. The zero-order valence-corrected chi connectivity index (χ0v) is 12.7. The Morgan fingerprint density at radius 2 is 1.90 bits per heavy atom. The molecule has 1 aromatic rings. The highest BCUT2D eigenvalue weighted by Crippen LogP contribution is 2.23. The third-order valence-corrected chi connectivity index (χ3v) is 2.36. The second-order valence-electron chi connectivity index (χ2n) is 5.58. The predicted octanol–water partition coefficient (Wildman–Crippen LogP) is 1.62. The van der Waals surface area contributed by atoms with E-state index in [4.69, 9.17) is 9.47 Å². The van der Waals surface area contributed by atoms with Crippen molar-refractivity contribution in [2.45, 2.75) is 39.3 Å². The van der Waals surface area contributed by atoms with E-state index in [1.165, 1.54) is 13.0 Å². The molecule has 0 saturated carbocycles. The van der Waals surface area contributed by atoms with E-state index in [1.54, 1.807) is 39.0 Å². The van der Waals surface area contributed by atoms with Gasteiger partial charge in [0.2, 0.25) is 0 Å². The largest absolute Gasteiger partial charge is 0.504 e. The Kier molecular flexibility index (Phi) is 5.58. The lowest BCUT2D eigenvalue weighted by Gasteiger charge is -2.22. The number of benzene rings is 1. The summed E-state index contributed by atoms with van der Waals surface area (Å²) in [6.07, 6.45) is 0. The van der Waals surface area contributed by atoms with E-state index in [2.05, 4.69) is 5.32 Å². The van der Waals surface area contributed by atoms with Gasteiger partial charge in [0.05, 0.1) is 0 Å². The normalized spacial score (nSPS) is 12.4. The molecule has 21 heavy (non-hydrogen) atoms. The van der Waals surface area contributed by atoms with Gasteiger partial charge in [-0.25, -0.2) is 4.79 Å². The van der Waals surface area contributed by atoms with Gasteiger partial charge in [0, 0.05) is 0 Å². The molecule has 0 spiro atoms. The monoisotopic (exact) mass is 295 g/mol. The van der Waals surface area contributed by atoms with Gasteiger partial charge in [0.15, 0.2) is 18.1 Å². The minimum atomic E-state index is -0.773. The van der Waals surface area contributed by atoms with E-state index in [1.807, 2.05) is 0 Å². The quantitative estimate of drug-likeness (QED) is 0.806. The Morgan fingerprint density at radius 3 is 2.48 bits per heavy atom. The van der Waals surface area contributed by atoms with Crippen molar-refractivity contribution in [1.82, 2.24) is 5.32 Å². The van der Waals surface area contributed by atoms with Crippen molar-refractivity contribution < 1.29 is 24.2 Å². The highest BCUT2D eigenvalue weighted by Gasteiger charge is 2.23. The Labute approximate surface area is 124 Å². The molecular weight excluding hydrogens is 274 g/mol. The highest BCUT2D eigenvalue weighted by atomic mass is 16.6. The minimum absolute atomic E-state index is 0.0505. The van der Waals surface area contributed by atoms with Crippen LogP contribution in [0.5, 0.6) is 11.5 Å². The number of ether oxygens (including phenoxy) is 2. The Hall–Kier alpha value is -2.24. The first-order valence-electron chi connectivity index (χ1n) is 6.62. The van der Waals surface area contributed by atoms with Crippen LogP contribution in [0.1, 0.15) is 27.7 Å². The summed E-state index contributed by atoms with van der Waals surface area (Å²) in [5.41, 5.74) is -0.609. The number of carbonyl (C=O) groups excluding carboxylic acids is 2. The predicted molar refractivity (Wildman–Crippen MR) is 77.1 cm³/mol. The molecule has 0 saturated heterocycles. The Balaban J connectivity index is 2.43. The number of rotatable bonds is 5. The van der Waals surface area contributed by atoms with Crippen molar-refractivity contribution in [2.24, 2.45) is 0 Å². The molecule has 1 amide bonds. The Morgan fingerprint density at radius 1 is 1.29 bits per heavy atom. The van der Waals surface area contributed by atoms with Gasteiger partial charge in [-0.2, -0.15) is 0 Å². The molecule has 116 valence electrons. The molecule has 0 radical (unpaired) electrons. The molecule has 1 rings (SSSR count). The summed E-state index contributed by atoms with van der Waals surface area (Å²) in [6.45, 7) is 6.48. The van der Waals surface area contributed by atoms with Crippen molar-refractivity contribution >= 4 is 11.9 Å². The first-order chi connectivity index (χ1) is 9.69. The molecule has 6 heteroatoms. The van der Waals surface area contributed by atoms with Crippen LogP contribution in [0.25, 0.3) is 0 Å². The van der Waals surface area contributed by atoms with Crippen molar-refractivity contribution in [3.05, 3.63) is 24.3 Å². The summed E-state index contributed by atoms with van der Waals surface area (Å²) in [4.78, 5) is 23.4. The van der Waals surface area contributed by atoms with E-state index in [9.17, 15) is 14.7 Å². The van der Waals surface area contributed by atoms with Gasteiger partial charge < -0.3 is 19.9 Å². The summed E-state index contributed by atoms with van der Waals surface area (Å²) in [5.74, 6) is -0.835. The molecule has 0 aliphatic heterocycles. The number of nitrogens with one attached hydrogen (secondary N) is 1.